The van der Waals surface area contributed by atoms with Crippen LogP contribution in [0.4, 0.5) is 5.69 Å². The van der Waals surface area contributed by atoms with Gasteiger partial charge in [-0.3, -0.25) is 19.0 Å². The number of aromatic nitrogens is 2. The van der Waals surface area contributed by atoms with Gasteiger partial charge in [-0.15, -0.1) is 0 Å². The monoisotopic (exact) mass is 406 g/mol. The predicted molar refractivity (Wildman–Crippen MR) is 113 cm³/mol. The number of para-hydroxylation sites is 1. The van der Waals surface area contributed by atoms with Gasteiger partial charge in [0, 0.05) is 11.6 Å². The van der Waals surface area contributed by atoms with Gasteiger partial charge in [-0.1, -0.05) is 24.3 Å². The van der Waals surface area contributed by atoms with Crippen LogP contribution in [0.25, 0.3) is 10.9 Å². The Morgan fingerprint density at radius 3 is 2.50 bits per heavy atom. The van der Waals surface area contributed by atoms with Crippen molar-refractivity contribution >= 4 is 28.4 Å². The van der Waals surface area contributed by atoms with Gasteiger partial charge in [0.15, 0.2) is 0 Å². The molecular weight excluding hydrogens is 384 g/mol. The molecule has 0 radical (unpaired) electrons. The molecule has 4 rings (SSSR count). The van der Waals surface area contributed by atoms with Crippen molar-refractivity contribution in [1.82, 2.24) is 14.9 Å². The molecule has 0 bridgehead atoms. The number of H-pyrrole nitrogens is 1. The van der Waals surface area contributed by atoms with Crippen LogP contribution in [0.2, 0.25) is 0 Å². The molecule has 8 heteroatoms. The van der Waals surface area contributed by atoms with Crippen LogP contribution >= 0.6 is 0 Å². The van der Waals surface area contributed by atoms with E-state index < -0.39 is 17.2 Å². The smallest absolute Gasteiger partial charge is 0.329 e. The predicted octanol–water partition coefficient (Wildman–Crippen LogP) is 1.92. The summed E-state index contributed by atoms with van der Waals surface area (Å²) in [6.45, 7) is 1.43. The molecule has 1 aliphatic carbocycles. The summed E-state index contributed by atoms with van der Waals surface area (Å²) in [6.07, 6.45) is 1.88. The molecule has 30 heavy (non-hydrogen) atoms. The van der Waals surface area contributed by atoms with Gasteiger partial charge in [-0.05, 0) is 49.6 Å². The maximum atomic E-state index is 12.5. The SMILES string of the molecule is CC(NC(=O)Cn1c(=O)[nH]c2ccccc2c1=O)c1ccc(NC(=O)C2CC2)cc1. The van der Waals surface area contributed by atoms with Gasteiger partial charge in [0.25, 0.3) is 5.56 Å². The maximum absolute atomic E-state index is 12.5. The fraction of sp³-hybridized carbons (Fsp3) is 0.273. The van der Waals surface area contributed by atoms with E-state index in [9.17, 15) is 19.2 Å². The van der Waals surface area contributed by atoms with E-state index in [4.69, 9.17) is 0 Å². The highest BCUT2D eigenvalue weighted by molar-refractivity contribution is 5.94. The summed E-state index contributed by atoms with van der Waals surface area (Å²) < 4.78 is 0.890. The first kappa shape index (κ1) is 19.6. The second-order valence-electron chi connectivity index (χ2n) is 7.54. The lowest BCUT2D eigenvalue weighted by atomic mass is 10.1. The van der Waals surface area contributed by atoms with Crippen LogP contribution in [0.3, 0.4) is 0 Å². The second kappa shape index (κ2) is 7.98. The standard InChI is InChI=1S/C22H22N4O4/c1-13(14-8-10-16(11-9-14)24-20(28)15-6-7-15)23-19(27)12-26-21(29)17-4-2-3-5-18(17)25-22(26)30/h2-5,8-11,13,15H,6-7,12H2,1H3,(H,23,27)(H,24,28)(H,25,30). The van der Waals surface area contributed by atoms with Gasteiger partial charge in [0.1, 0.15) is 6.54 Å². The molecule has 8 nitrogen and oxygen atoms in total. The molecule has 0 saturated heterocycles. The fourth-order valence-corrected chi connectivity index (χ4v) is 3.30. The van der Waals surface area contributed by atoms with Crippen LogP contribution in [0.15, 0.2) is 58.1 Å². The molecule has 2 aromatic carbocycles. The zero-order valence-corrected chi connectivity index (χ0v) is 16.5. The van der Waals surface area contributed by atoms with Crippen molar-refractivity contribution in [3.63, 3.8) is 0 Å². The number of hydrogen-bond donors (Lipinski definition) is 3. The number of nitrogens with zero attached hydrogens (tertiary/aromatic N) is 1. The number of amides is 2. The minimum atomic E-state index is -0.628. The van der Waals surface area contributed by atoms with Crippen molar-refractivity contribution in [3.8, 4) is 0 Å². The van der Waals surface area contributed by atoms with E-state index in [2.05, 4.69) is 15.6 Å². The molecule has 1 fully saturated rings. The Morgan fingerprint density at radius 1 is 1.10 bits per heavy atom. The van der Waals surface area contributed by atoms with Gasteiger partial charge in [0.05, 0.1) is 16.9 Å². The summed E-state index contributed by atoms with van der Waals surface area (Å²) >= 11 is 0. The number of nitrogens with one attached hydrogen (secondary N) is 3. The largest absolute Gasteiger partial charge is 0.348 e. The van der Waals surface area contributed by atoms with Crippen LogP contribution in [0.5, 0.6) is 0 Å². The van der Waals surface area contributed by atoms with E-state index in [1.54, 1.807) is 36.4 Å². The molecular formula is C22H22N4O4. The Kier molecular flexibility index (Phi) is 5.22. The Morgan fingerprint density at radius 2 is 1.80 bits per heavy atom. The van der Waals surface area contributed by atoms with E-state index >= 15 is 0 Å². The minimum Gasteiger partial charge on any atom is -0.348 e. The number of hydrogen-bond acceptors (Lipinski definition) is 4. The van der Waals surface area contributed by atoms with Crippen molar-refractivity contribution in [2.24, 2.45) is 5.92 Å². The molecule has 0 aliphatic heterocycles. The number of rotatable bonds is 6. The highest BCUT2D eigenvalue weighted by Gasteiger charge is 2.29. The summed E-state index contributed by atoms with van der Waals surface area (Å²) in [4.78, 5) is 51.7. The first-order valence-electron chi connectivity index (χ1n) is 9.84. The molecule has 1 atom stereocenters. The number of fused-ring (bicyclic) bond motifs is 1. The second-order valence-corrected chi connectivity index (χ2v) is 7.54. The normalized spacial score (nSPS) is 14.3. The highest BCUT2D eigenvalue weighted by Crippen LogP contribution is 2.30. The zero-order valence-electron chi connectivity index (χ0n) is 16.5. The number of anilines is 1. The average molecular weight is 406 g/mol. The van der Waals surface area contributed by atoms with Gasteiger partial charge in [0.2, 0.25) is 11.8 Å². The van der Waals surface area contributed by atoms with Crippen LogP contribution in [-0.4, -0.2) is 21.4 Å². The Balaban J connectivity index is 1.42. The molecule has 2 amide bonds. The van der Waals surface area contributed by atoms with E-state index in [1.807, 2.05) is 19.1 Å². The van der Waals surface area contributed by atoms with E-state index in [-0.39, 0.29) is 24.4 Å². The van der Waals surface area contributed by atoms with Crippen molar-refractivity contribution in [3.05, 3.63) is 74.9 Å². The quantitative estimate of drug-likeness (QED) is 0.580. The fourth-order valence-electron chi connectivity index (χ4n) is 3.30. The third-order valence-electron chi connectivity index (χ3n) is 5.19. The van der Waals surface area contributed by atoms with E-state index in [0.717, 1.165) is 23.0 Å². The van der Waals surface area contributed by atoms with Gasteiger partial charge >= 0.3 is 5.69 Å². The minimum absolute atomic E-state index is 0.0372. The zero-order chi connectivity index (χ0) is 21.3. The maximum Gasteiger partial charge on any atom is 0.329 e. The molecule has 1 aliphatic rings. The van der Waals surface area contributed by atoms with E-state index in [0.29, 0.717) is 16.6 Å². The topological polar surface area (TPSA) is 113 Å². The van der Waals surface area contributed by atoms with E-state index in [1.165, 1.54) is 0 Å². The van der Waals surface area contributed by atoms with Crippen LogP contribution in [0, 0.1) is 5.92 Å². The van der Waals surface area contributed by atoms with Crippen molar-refractivity contribution in [2.45, 2.75) is 32.4 Å². The third kappa shape index (κ3) is 4.17. The summed E-state index contributed by atoms with van der Waals surface area (Å²) in [7, 11) is 0. The third-order valence-corrected chi connectivity index (χ3v) is 5.19. The lowest BCUT2D eigenvalue weighted by Gasteiger charge is -2.15. The molecule has 3 aromatic rings. The van der Waals surface area contributed by atoms with Crippen molar-refractivity contribution in [1.29, 1.82) is 0 Å². The molecule has 154 valence electrons. The first-order valence-corrected chi connectivity index (χ1v) is 9.84. The van der Waals surface area contributed by atoms with Gasteiger partial charge < -0.3 is 15.6 Å². The Bertz CT molecular complexity index is 1220. The average Bonchev–Trinajstić information content (AvgIpc) is 3.57. The van der Waals surface area contributed by atoms with Crippen LogP contribution in [-0.2, 0) is 16.1 Å². The number of aromatic amines is 1. The number of carbonyl (C=O) groups excluding carboxylic acids is 2. The lowest BCUT2D eigenvalue weighted by Crippen LogP contribution is -2.41. The molecule has 3 N–H and O–H groups in total. The number of carbonyl (C=O) groups is 2. The lowest BCUT2D eigenvalue weighted by molar-refractivity contribution is -0.122. The summed E-state index contributed by atoms with van der Waals surface area (Å²) in [5.41, 5.74) is 0.854. The van der Waals surface area contributed by atoms with Crippen LogP contribution < -0.4 is 21.9 Å². The summed E-state index contributed by atoms with van der Waals surface area (Å²) in [5, 5.41) is 6.01. The highest BCUT2D eigenvalue weighted by atomic mass is 16.2. The molecule has 1 unspecified atom stereocenters. The molecule has 1 saturated carbocycles. The summed E-state index contributed by atoms with van der Waals surface area (Å²) in [6, 6.07) is 13.6. The van der Waals surface area contributed by atoms with Gasteiger partial charge in [-0.2, -0.15) is 0 Å². The van der Waals surface area contributed by atoms with Crippen molar-refractivity contribution < 1.29 is 9.59 Å². The summed E-state index contributed by atoms with van der Waals surface area (Å²) in [5.74, 6) is -0.281. The van der Waals surface area contributed by atoms with Crippen molar-refractivity contribution in [2.75, 3.05) is 5.32 Å². The molecule has 1 heterocycles. The van der Waals surface area contributed by atoms with Crippen LogP contribution in [0.1, 0.15) is 31.4 Å². The first-order chi connectivity index (χ1) is 14.4. The molecule has 0 spiro atoms. The molecule has 1 aromatic heterocycles. The Hall–Kier alpha value is -3.68. The Labute approximate surface area is 171 Å². The van der Waals surface area contributed by atoms with Gasteiger partial charge in [-0.25, -0.2) is 4.79 Å². The number of benzene rings is 2.